The first-order chi connectivity index (χ1) is 8.22. The standard InChI is InChI=1S/C12H19N3OS/c1-3-7-15(8-4-2)12(16)10-9-17-11(14-10)5-6-13/h3,9H,1,4-8,13H2,2H3. The second kappa shape index (κ2) is 7.19. The van der Waals surface area contributed by atoms with Crippen LogP contribution in [-0.2, 0) is 6.42 Å². The molecule has 0 bridgehead atoms. The largest absolute Gasteiger partial charge is 0.334 e. The number of carbonyl (C=O) groups excluding carboxylic acids is 1. The zero-order valence-electron chi connectivity index (χ0n) is 10.2. The van der Waals surface area contributed by atoms with E-state index in [1.165, 1.54) is 11.3 Å². The molecule has 1 heterocycles. The summed E-state index contributed by atoms with van der Waals surface area (Å²) in [5.41, 5.74) is 5.98. The lowest BCUT2D eigenvalue weighted by molar-refractivity contribution is 0.0768. The Kier molecular flexibility index (Phi) is 5.86. The molecule has 1 aromatic heterocycles. The third-order valence-electron chi connectivity index (χ3n) is 2.26. The second-order valence-electron chi connectivity index (χ2n) is 3.71. The Morgan fingerprint density at radius 1 is 1.71 bits per heavy atom. The zero-order chi connectivity index (χ0) is 12.7. The molecule has 1 aromatic rings. The van der Waals surface area contributed by atoms with Gasteiger partial charge in [0.1, 0.15) is 5.69 Å². The molecule has 17 heavy (non-hydrogen) atoms. The summed E-state index contributed by atoms with van der Waals surface area (Å²) in [6.45, 7) is 7.57. The van der Waals surface area contributed by atoms with E-state index in [1.807, 2.05) is 6.92 Å². The number of thiazole rings is 1. The van der Waals surface area contributed by atoms with Gasteiger partial charge in [-0.3, -0.25) is 4.79 Å². The van der Waals surface area contributed by atoms with Gasteiger partial charge < -0.3 is 10.6 Å². The first kappa shape index (κ1) is 13.9. The molecule has 4 nitrogen and oxygen atoms in total. The highest BCUT2D eigenvalue weighted by Crippen LogP contribution is 2.12. The molecule has 1 rings (SSSR count). The van der Waals surface area contributed by atoms with Crippen molar-refractivity contribution in [3.8, 4) is 0 Å². The summed E-state index contributed by atoms with van der Waals surface area (Å²) >= 11 is 1.49. The molecular weight excluding hydrogens is 234 g/mol. The maximum Gasteiger partial charge on any atom is 0.273 e. The Morgan fingerprint density at radius 2 is 2.47 bits per heavy atom. The third-order valence-corrected chi connectivity index (χ3v) is 3.17. The van der Waals surface area contributed by atoms with Gasteiger partial charge in [-0.25, -0.2) is 4.98 Å². The highest BCUT2D eigenvalue weighted by Gasteiger charge is 2.16. The molecule has 2 N–H and O–H groups in total. The van der Waals surface area contributed by atoms with Crippen molar-refractivity contribution in [3.63, 3.8) is 0 Å². The van der Waals surface area contributed by atoms with E-state index < -0.39 is 0 Å². The minimum atomic E-state index is -0.0220. The Bertz CT molecular complexity index is 376. The van der Waals surface area contributed by atoms with Crippen LogP contribution in [0.5, 0.6) is 0 Å². The summed E-state index contributed by atoms with van der Waals surface area (Å²) in [6.07, 6.45) is 3.40. The SMILES string of the molecule is C=CCN(CCC)C(=O)c1csc(CCN)n1. The van der Waals surface area contributed by atoms with Crippen molar-refractivity contribution in [1.82, 2.24) is 9.88 Å². The molecule has 5 heteroatoms. The van der Waals surface area contributed by atoms with Crippen LogP contribution in [0.4, 0.5) is 0 Å². The van der Waals surface area contributed by atoms with Crippen LogP contribution in [0.3, 0.4) is 0 Å². The van der Waals surface area contributed by atoms with Gasteiger partial charge in [0.25, 0.3) is 5.91 Å². The molecule has 0 spiro atoms. The Morgan fingerprint density at radius 3 is 3.06 bits per heavy atom. The van der Waals surface area contributed by atoms with Gasteiger partial charge in [-0.15, -0.1) is 17.9 Å². The normalized spacial score (nSPS) is 10.2. The van der Waals surface area contributed by atoms with Gasteiger partial charge in [0.05, 0.1) is 5.01 Å². The van der Waals surface area contributed by atoms with E-state index in [9.17, 15) is 4.79 Å². The quantitative estimate of drug-likeness (QED) is 0.752. The molecule has 0 saturated carbocycles. The Hall–Kier alpha value is -1.20. The lowest BCUT2D eigenvalue weighted by atomic mass is 10.3. The Balaban J connectivity index is 2.73. The summed E-state index contributed by atoms with van der Waals surface area (Å²) in [4.78, 5) is 18.2. The van der Waals surface area contributed by atoms with E-state index >= 15 is 0 Å². The van der Waals surface area contributed by atoms with Crippen molar-refractivity contribution >= 4 is 17.2 Å². The van der Waals surface area contributed by atoms with Crippen LogP contribution in [-0.4, -0.2) is 35.4 Å². The number of carbonyl (C=O) groups is 1. The van der Waals surface area contributed by atoms with Gasteiger partial charge in [0.15, 0.2) is 0 Å². The smallest absolute Gasteiger partial charge is 0.273 e. The summed E-state index contributed by atoms with van der Waals surface area (Å²) < 4.78 is 0. The molecule has 0 aliphatic rings. The minimum absolute atomic E-state index is 0.0220. The monoisotopic (exact) mass is 253 g/mol. The highest BCUT2D eigenvalue weighted by atomic mass is 32.1. The van der Waals surface area contributed by atoms with Gasteiger partial charge in [0.2, 0.25) is 0 Å². The van der Waals surface area contributed by atoms with Crippen LogP contribution >= 0.6 is 11.3 Å². The summed E-state index contributed by atoms with van der Waals surface area (Å²) in [6, 6.07) is 0. The summed E-state index contributed by atoms with van der Waals surface area (Å²) in [5, 5.41) is 2.73. The molecule has 0 aliphatic heterocycles. The summed E-state index contributed by atoms with van der Waals surface area (Å²) in [5.74, 6) is -0.0220. The van der Waals surface area contributed by atoms with Gasteiger partial charge in [0, 0.05) is 24.9 Å². The number of amides is 1. The van der Waals surface area contributed by atoms with Gasteiger partial charge in [-0.1, -0.05) is 13.0 Å². The fourth-order valence-corrected chi connectivity index (χ4v) is 2.30. The maximum absolute atomic E-state index is 12.1. The molecule has 1 amide bonds. The van der Waals surface area contributed by atoms with Gasteiger partial charge in [-0.2, -0.15) is 0 Å². The molecule has 94 valence electrons. The molecule has 0 atom stereocenters. The van der Waals surface area contributed by atoms with Gasteiger partial charge in [-0.05, 0) is 13.0 Å². The van der Waals surface area contributed by atoms with E-state index in [2.05, 4.69) is 11.6 Å². The molecule has 0 fully saturated rings. The predicted molar refractivity (Wildman–Crippen MR) is 71.3 cm³/mol. The number of hydrogen-bond acceptors (Lipinski definition) is 4. The predicted octanol–water partition coefficient (Wildman–Crippen LogP) is 1.68. The summed E-state index contributed by atoms with van der Waals surface area (Å²) in [7, 11) is 0. The van der Waals surface area contributed by atoms with Crippen molar-refractivity contribution in [2.75, 3.05) is 19.6 Å². The third kappa shape index (κ3) is 3.94. The fourth-order valence-electron chi connectivity index (χ4n) is 1.51. The van der Waals surface area contributed by atoms with E-state index in [0.717, 1.165) is 24.4 Å². The van der Waals surface area contributed by atoms with Crippen LogP contribution in [0, 0.1) is 0 Å². The zero-order valence-corrected chi connectivity index (χ0v) is 11.0. The number of rotatable bonds is 7. The van der Waals surface area contributed by atoms with Crippen LogP contribution < -0.4 is 5.73 Å². The van der Waals surface area contributed by atoms with E-state index in [1.54, 1.807) is 16.4 Å². The van der Waals surface area contributed by atoms with E-state index in [0.29, 0.717) is 18.8 Å². The van der Waals surface area contributed by atoms with Gasteiger partial charge >= 0.3 is 0 Å². The molecule has 0 radical (unpaired) electrons. The maximum atomic E-state index is 12.1. The van der Waals surface area contributed by atoms with Crippen LogP contribution in [0.1, 0.15) is 28.8 Å². The molecule has 0 aliphatic carbocycles. The van der Waals surface area contributed by atoms with Crippen LogP contribution in [0.25, 0.3) is 0 Å². The topological polar surface area (TPSA) is 59.2 Å². The first-order valence-electron chi connectivity index (χ1n) is 5.77. The number of aromatic nitrogens is 1. The Labute approximate surface area is 106 Å². The number of nitrogens with zero attached hydrogens (tertiary/aromatic N) is 2. The van der Waals surface area contributed by atoms with E-state index in [-0.39, 0.29) is 5.91 Å². The molecule has 0 saturated heterocycles. The van der Waals surface area contributed by atoms with Crippen molar-refractivity contribution < 1.29 is 4.79 Å². The average molecular weight is 253 g/mol. The lowest BCUT2D eigenvalue weighted by Crippen LogP contribution is -2.32. The van der Waals surface area contributed by atoms with Crippen LogP contribution in [0.2, 0.25) is 0 Å². The lowest BCUT2D eigenvalue weighted by Gasteiger charge is -2.18. The molecular formula is C12H19N3OS. The number of nitrogens with two attached hydrogens (primary N) is 1. The van der Waals surface area contributed by atoms with E-state index in [4.69, 9.17) is 5.73 Å². The van der Waals surface area contributed by atoms with Crippen LogP contribution in [0.15, 0.2) is 18.0 Å². The second-order valence-corrected chi connectivity index (χ2v) is 4.65. The first-order valence-corrected chi connectivity index (χ1v) is 6.65. The highest BCUT2D eigenvalue weighted by molar-refractivity contribution is 7.09. The van der Waals surface area contributed by atoms with Crippen molar-refractivity contribution in [2.24, 2.45) is 5.73 Å². The fraction of sp³-hybridized carbons (Fsp3) is 0.500. The minimum Gasteiger partial charge on any atom is -0.334 e. The number of hydrogen-bond donors (Lipinski definition) is 1. The van der Waals surface area contributed by atoms with Crippen molar-refractivity contribution in [3.05, 3.63) is 28.7 Å². The average Bonchev–Trinajstić information content (AvgIpc) is 2.77. The van der Waals surface area contributed by atoms with Crippen molar-refractivity contribution in [1.29, 1.82) is 0 Å². The molecule has 0 aromatic carbocycles. The van der Waals surface area contributed by atoms with Crippen molar-refractivity contribution in [2.45, 2.75) is 19.8 Å². The molecule has 0 unspecified atom stereocenters.